The van der Waals surface area contributed by atoms with Crippen LogP contribution in [0.25, 0.3) is 21.6 Å². The van der Waals surface area contributed by atoms with E-state index in [4.69, 9.17) is 0 Å². The van der Waals surface area contributed by atoms with Crippen molar-refractivity contribution in [2.24, 2.45) is 0 Å². The summed E-state index contributed by atoms with van der Waals surface area (Å²) in [5.74, 6) is 0. The van der Waals surface area contributed by atoms with Crippen LogP contribution >= 0.6 is 11.3 Å². The molecule has 0 spiro atoms. The van der Waals surface area contributed by atoms with Gasteiger partial charge in [0.05, 0.1) is 5.69 Å². The lowest BCUT2D eigenvalue weighted by Gasteiger charge is -2.34. The molecule has 7 heteroatoms. The van der Waals surface area contributed by atoms with Gasteiger partial charge in [0.25, 0.3) is 0 Å². The molecule has 2 aromatic carbocycles. The zero-order valence-electron chi connectivity index (χ0n) is 15.7. The molecule has 0 amide bonds. The molecule has 142 valence electrons. The van der Waals surface area contributed by atoms with Gasteiger partial charge in [0.2, 0.25) is 0 Å². The third-order valence-electron chi connectivity index (χ3n) is 5.16. The van der Waals surface area contributed by atoms with Crippen LogP contribution in [0.4, 0.5) is 16.5 Å². The first-order valence-electron chi connectivity index (χ1n) is 9.47. The summed E-state index contributed by atoms with van der Waals surface area (Å²) in [5.41, 5.74) is 5.21. The van der Waals surface area contributed by atoms with Gasteiger partial charge in [0.1, 0.15) is 4.70 Å². The number of aromatic amines is 1. The molecule has 0 radical (unpaired) electrons. The lowest BCUT2D eigenvalue weighted by atomic mass is 10.2. The van der Waals surface area contributed by atoms with E-state index in [1.807, 2.05) is 18.2 Å². The Morgan fingerprint density at radius 1 is 0.964 bits per heavy atom. The number of likely N-dealkylation sites (N-methyl/N-ethyl adjacent to an activating group) is 1. The van der Waals surface area contributed by atoms with Gasteiger partial charge in [-0.25, -0.2) is 0 Å². The van der Waals surface area contributed by atoms with Crippen molar-refractivity contribution in [2.45, 2.75) is 0 Å². The molecule has 2 N–H and O–H groups in total. The number of anilines is 3. The second kappa shape index (κ2) is 7.26. The quantitative estimate of drug-likeness (QED) is 0.547. The molecule has 0 unspecified atom stereocenters. The van der Waals surface area contributed by atoms with E-state index in [-0.39, 0.29) is 0 Å². The molecular weight excluding hydrogens is 368 g/mol. The number of thiazole rings is 1. The van der Waals surface area contributed by atoms with Gasteiger partial charge in [-0.1, -0.05) is 41.7 Å². The molecule has 1 fully saturated rings. The van der Waals surface area contributed by atoms with Crippen LogP contribution in [0, 0.1) is 0 Å². The van der Waals surface area contributed by atoms with E-state index in [0.29, 0.717) is 0 Å². The summed E-state index contributed by atoms with van der Waals surface area (Å²) in [4.78, 5) is 9.43. The third-order valence-corrected chi connectivity index (χ3v) is 6.14. The molecule has 0 atom stereocenters. The van der Waals surface area contributed by atoms with Crippen molar-refractivity contribution < 1.29 is 0 Å². The van der Waals surface area contributed by atoms with Crippen molar-refractivity contribution in [3.8, 4) is 11.3 Å². The summed E-state index contributed by atoms with van der Waals surface area (Å²) in [7, 11) is 2.18. The van der Waals surface area contributed by atoms with Crippen LogP contribution in [-0.4, -0.2) is 53.3 Å². The maximum atomic E-state index is 4.62. The summed E-state index contributed by atoms with van der Waals surface area (Å²) >= 11 is 1.62. The van der Waals surface area contributed by atoms with Crippen LogP contribution in [0.3, 0.4) is 0 Å². The predicted octanol–water partition coefficient (Wildman–Crippen LogP) is 4.18. The first-order valence-corrected chi connectivity index (χ1v) is 10.3. The van der Waals surface area contributed by atoms with Crippen LogP contribution < -0.4 is 10.2 Å². The molecule has 28 heavy (non-hydrogen) atoms. The zero-order valence-corrected chi connectivity index (χ0v) is 16.5. The molecule has 3 heterocycles. The minimum Gasteiger partial charge on any atom is -0.369 e. The number of H-pyrrole nitrogens is 1. The van der Waals surface area contributed by atoms with E-state index < -0.39 is 0 Å². The summed E-state index contributed by atoms with van der Waals surface area (Å²) in [6.45, 7) is 4.38. The number of benzene rings is 2. The monoisotopic (exact) mass is 390 g/mol. The Morgan fingerprint density at radius 3 is 2.46 bits per heavy atom. The molecule has 1 saturated heterocycles. The second-order valence-electron chi connectivity index (χ2n) is 7.10. The molecule has 1 aliphatic heterocycles. The maximum Gasteiger partial charge on any atom is 0.194 e. The Kier molecular flexibility index (Phi) is 4.46. The van der Waals surface area contributed by atoms with Crippen LogP contribution in [-0.2, 0) is 0 Å². The highest BCUT2D eigenvalue weighted by Gasteiger charge is 2.15. The molecule has 4 aromatic rings. The fraction of sp³-hybridized carbons (Fsp3) is 0.238. The molecule has 1 aliphatic rings. The minimum absolute atomic E-state index is 0.750. The lowest BCUT2D eigenvalue weighted by Crippen LogP contribution is -2.44. The predicted molar refractivity (Wildman–Crippen MR) is 117 cm³/mol. The lowest BCUT2D eigenvalue weighted by molar-refractivity contribution is 0.313. The average Bonchev–Trinajstić information content (AvgIpc) is 3.30. The second-order valence-corrected chi connectivity index (χ2v) is 8.10. The Labute approximate surface area is 167 Å². The van der Waals surface area contributed by atoms with E-state index in [9.17, 15) is 0 Å². The molecular formula is C21H22N6S. The van der Waals surface area contributed by atoms with E-state index in [0.717, 1.165) is 58.6 Å². The third kappa shape index (κ3) is 3.34. The SMILES string of the molecule is CN1CCN(c2ccc(Nc3nc4n[nH]c(-c5ccccc5)c4s3)cc2)CC1. The molecule has 2 aromatic heterocycles. The first kappa shape index (κ1) is 17.2. The molecule has 0 bridgehead atoms. The van der Waals surface area contributed by atoms with Crippen molar-refractivity contribution in [3.63, 3.8) is 0 Å². The van der Waals surface area contributed by atoms with Crippen LogP contribution in [0.5, 0.6) is 0 Å². The van der Waals surface area contributed by atoms with Crippen molar-refractivity contribution >= 4 is 38.2 Å². The number of nitrogens with one attached hydrogen (secondary N) is 2. The smallest absolute Gasteiger partial charge is 0.194 e. The number of rotatable bonds is 4. The standard InChI is InChI=1S/C21H22N6S/c1-26-11-13-27(14-12-26)17-9-7-16(8-10-17)22-21-23-20-19(28-21)18(24-25-20)15-5-3-2-4-6-15/h2-10H,11-14H2,1H3,(H2,22,23,24,25). The van der Waals surface area contributed by atoms with Gasteiger partial charge in [0.15, 0.2) is 10.8 Å². The Bertz CT molecular complexity index is 1060. The van der Waals surface area contributed by atoms with Crippen molar-refractivity contribution in [1.82, 2.24) is 20.1 Å². The number of aromatic nitrogens is 3. The minimum atomic E-state index is 0.750. The number of piperazine rings is 1. The van der Waals surface area contributed by atoms with Crippen molar-refractivity contribution in [3.05, 3.63) is 54.6 Å². The van der Waals surface area contributed by atoms with Gasteiger partial charge >= 0.3 is 0 Å². The number of hydrogen-bond donors (Lipinski definition) is 2. The van der Waals surface area contributed by atoms with E-state index in [1.54, 1.807) is 11.3 Å². The highest BCUT2D eigenvalue weighted by Crippen LogP contribution is 2.34. The highest BCUT2D eigenvalue weighted by atomic mass is 32.1. The van der Waals surface area contributed by atoms with Gasteiger partial charge < -0.3 is 15.1 Å². The highest BCUT2D eigenvalue weighted by molar-refractivity contribution is 7.22. The van der Waals surface area contributed by atoms with Crippen LogP contribution in [0.15, 0.2) is 54.6 Å². The molecule has 0 saturated carbocycles. The Morgan fingerprint density at radius 2 is 1.71 bits per heavy atom. The van der Waals surface area contributed by atoms with E-state index >= 15 is 0 Å². The number of nitrogens with zero attached hydrogens (tertiary/aromatic N) is 4. The fourth-order valence-electron chi connectivity index (χ4n) is 3.51. The summed E-state index contributed by atoms with van der Waals surface area (Å²) in [6, 6.07) is 18.9. The van der Waals surface area contributed by atoms with Gasteiger partial charge in [-0.3, -0.25) is 5.10 Å². The van der Waals surface area contributed by atoms with Crippen LogP contribution in [0.2, 0.25) is 0 Å². The first-order chi connectivity index (χ1) is 13.8. The Balaban J connectivity index is 1.33. The van der Waals surface area contributed by atoms with Crippen molar-refractivity contribution in [1.29, 1.82) is 0 Å². The summed E-state index contributed by atoms with van der Waals surface area (Å²) in [5, 5.41) is 11.8. The number of fused-ring (bicyclic) bond motifs is 1. The summed E-state index contributed by atoms with van der Waals surface area (Å²) < 4.78 is 1.07. The van der Waals surface area contributed by atoms with Gasteiger partial charge in [0, 0.05) is 43.1 Å². The average molecular weight is 391 g/mol. The zero-order chi connectivity index (χ0) is 18.9. The van der Waals surface area contributed by atoms with E-state index in [1.165, 1.54) is 5.69 Å². The normalized spacial score (nSPS) is 15.2. The van der Waals surface area contributed by atoms with Gasteiger partial charge in [-0.15, -0.1) is 0 Å². The molecule has 6 nitrogen and oxygen atoms in total. The van der Waals surface area contributed by atoms with Crippen LogP contribution in [0.1, 0.15) is 0 Å². The van der Waals surface area contributed by atoms with Crippen molar-refractivity contribution in [2.75, 3.05) is 43.4 Å². The molecule has 5 rings (SSSR count). The van der Waals surface area contributed by atoms with Gasteiger partial charge in [-0.2, -0.15) is 10.1 Å². The number of hydrogen-bond acceptors (Lipinski definition) is 6. The van der Waals surface area contributed by atoms with Gasteiger partial charge in [-0.05, 0) is 31.3 Å². The summed E-state index contributed by atoms with van der Waals surface area (Å²) in [6.07, 6.45) is 0. The topological polar surface area (TPSA) is 60.1 Å². The molecule has 0 aliphatic carbocycles. The largest absolute Gasteiger partial charge is 0.369 e. The Hall–Kier alpha value is -2.90. The maximum absolute atomic E-state index is 4.62. The fourth-order valence-corrected chi connectivity index (χ4v) is 4.45. The van der Waals surface area contributed by atoms with E-state index in [2.05, 4.69) is 73.7 Å².